The van der Waals surface area contributed by atoms with Crippen molar-refractivity contribution in [2.24, 2.45) is 11.8 Å². The van der Waals surface area contributed by atoms with Gasteiger partial charge in [0.1, 0.15) is 6.04 Å². The van der Waals surface area contributed by atoms with Crippen LogP contribution in [0.3, 0.4) is 0 Å². The first-order valence-electron chi connectivity index (χ1n) is 13.6. The predicted molar refractivity (Wildman–Crippen MR) is 144 cm³/mol. The first-order chi connectivity index (χ1) is 17.4. The van der Waals surface area contributed by atoms with Crippen molar-refractivity contribution in [1.29, 1.82) is 0 Å². The number of carbonyl (C=O) groups excluding carboxylic acids is 3. The van der Waals surface area contributed by atoms with E-state index in [1.807, 2.05) is 30.3 Å². The first-order valence-corrected chi connectivity index (χ1v) is 14.4. The number of hydrogen-bond donors (Lipinski definition) is 3. The Hall–Kier alpha value is -2.06. The van der Waals surface area contributed by atoms with Gasteiger partial charge in [-0.1, -0.05) is 50.8 Å². The van der Waals surface area contributed by atoms with E-state index in [1.54, 1.807) is 16.7 Å². The maximum atomic E-state index is 14.0. The summed E-state index contributed by atoms with van der Waals surface area (Å²) in [5.41, 5.74) is 0.726. The Bertz CT molecular complexity index is 944. The second-order valence-corrected chi connectivity index (χ2v) is 12.6. The summed E-state index contributed by atoms with van der Waals surface area (Å²) in [5.74, 6) is -1.20. The second kappa shape index (κ2) is 11.5. The van der Waals surface area contributed by atoms with Gasteiger partial charge in [-0.3, -0.25) is 14.4 Å². The zero-order chi connectivity index (χ0) is 25.8. The monoisotopic (exact) mass is 515 g/mol. The van der Waals surface area contributed by atoms with E-state index in [1.165, 1.54) is 0 Å². The van der Waals surface area contributed by atoms with Crippen molar-refractivity contribution >= 4 is 35.2 Å². The van der Waals surface area contributed by atoms with Gasteiger partial charge in [0.25, 0.3) is 0 Å². The third-order valence-electron chi connectivity index (χ3n) is 8.24. The number of amides is 3. The molecular weight excluding hydrogens is 474 g/mol. The molecule has 8 heteroatoms. The van der Waals surface area contributed by atoms with E-state index in [0.717, 1.165) is 63.5 Å². The largest absolute Gasteiger partial charge is 0.396 e. The van der Waals surface area contributed by atoms with Crippen LogP contribution in [0, 0.1) is 11.8 Å². The molecule has 198 valence electrons. The van der Waals surface area contributed by atoms with Gasteiger partial charge in [0.15, 0.2) is 0 Å². The molecule has 4 rings (SSSR count). The molecule has 3 amide bonds. The number of carbonyl (C=O) groups is 3. The SMILES string of the molecule is CCCCCNC(=O)C1N(CCCCCCO)C(=O)[C@@H]2[C@H](C(=O)Nc3ccccc3)[C@]3(C)CCC12S3. The van der Waals surface area contributed by atoms with Crippen molar-refractivity contribution in [2.45, 2.75) is 87.2 Å². The van der Waals surface area contributed by atoms with Crippen LogP contribution < -0.4 is 10.6 Å². The summed E-state index contributed by atoms with van der Waals surface area (Å²) in [6, 6.07) is 8.84. The molecule has 2 unspecified atom stereocenters. The lowest BCUT2D eigenvalue weighted by Crippen LogP contribution is -2.54. The number of benzene rings is 1. The van der Waals surface area contributed by atoms with E-state index in [4.69, 9.17) is 5.11 Å². The maximum absolute atomic E-state index is 14.0. The molecule has 1 aromatic rings. The molecule has 1 spiro atoms. The van der Waals surface area contributed by atoms with Gasteiger partial charge < -0.3 is 20.6 Å². The fraction of sp³-hybridized carbons (Fsp3) is 0.679. The molecule has 0 aromatic heterocycles. The Balaban J connectivity index is 1.58. The fourth-order valence-electron chi connectivity index (χ4n) is 6.54. The Morgan fingerprint density at radius 1 is 1.06 bits per heavy atom. The first kappa shape index (κ1) is 27.0. The minimum atomic E-state index is -0.565. The molecule has 7 nitrogen and oxygen atoms in total. The molecule has 3 saturated heterocycles. The van der Waals surface area contributed by atoms with Crippen LogP contribution in [0.15, 0.2) is 30.3 Å². The number of thioether (sulfide) groups is 1. The molecule has 3 N–H and O–H groups in total. The van der Waals surface area contributed by atoms with E-state index in [0.29, 0.717) is 13.1 Å². The quantitative estimate of drug-likeness (QED) is 0.345. The normalized spacial score (nSPS) is 30.5. The molecule has 0 aliphatic carbocycles. The number of anilines is 1. The van der Waals surface area contributed by atoms with Gasteiger partial charge in [0.05, 0.1) is 16.6 Å². The number of unbranched alkanes of at least 4 members (excludes halogenated alkanes) is 5. The molecule has 3 aliphatic rings. The highest BCUT2D eigenvalue weighted by atomic mass is 32.2. The number of nitrogens with one attached hydrogen (secondary N) is 2. The molecule has 3 heterocycles. The van der Waals surface area contributed by atoms with Gasteiger partial charge in [0.2, 0.25) is 17.7 Å². The third-order valence-corrected chi connectivity index (χ3v) is 10.2. The zero-order valence-electron chi connectivity index (χ0n) is 21.6. The third kappa shape index (κ3) is 5.03. The summed E-state index contributed by atoms with van der Waals surface area (Å²) in [6.45, 7) is 5.53. The summed E-state index contributed by atoms with van der Waals surface area (Å²) in [7, 11) is 0. The van der Waals surface area contributed by atoms with Gasteiger partial charge in [-0.25, -0.2) is 0 Å². The minimum absolute atomic E-state index is 0.0463. The standard InChI is InChI=1S/C28H41N3O4S/c1-3-4-10-17-29-25(34)23-28-16-15-27(2,36-28)21(24(33)30-20-13-8-7-9-14-20)22(28)26(35)31(23)18-11-5-6-12-19-32/h7-9,13-14,21-23,32H,3-6,10-12,15-19H2,1-2H3,(H,29,34)(H,30,33)/t21-,22+,23?,27+,28?/m1/s1. The fourth-order valence-corrected chi connectivity index (χ4v) is 8.90. The number of hydrogen-bond acceptors (Lipinski definition) is 5. The highest BCUT2D eigenvalue weighted by Gasteiger charge is 2.76. The van der Waals surface area contributed by atoms with E-state index in [-0.39, 0.29) is 29.1 Å². The lowest BCUT2D eigenvalue weighted by Gasteiger charge is -2.34. The molecule has 36 heavy (non-hydrogen) atoms. The second-order valence-electron chi connectivity index (χ2n) is 10.8. The van der Waals surface area contributed by atoms with E-state index in [2.05, 4.69) is 24.5 Å². The Morgan fingerprint density at radius 3 is 2.53 bits per heavy atom. The molecule has 3 aliphatic heterocycles. The van der Waals surface area contributed by atoms with Gasteiger partial charge in [0, 0.05) is 30.1 Å². The number of fused-ring (bicyclic) bond motifs is 1. The number of para-hydroxylation sites is 1. The minimum Gasteiger partial charge on any atom is -0.396 e. The lowest BCUT2D eigenvalue weighted by molar-refractivity contribution is -0.139. The topological polar surface area (TPSA) is 98.7 Å². The molecular formula is C28H41N3O4S. The lowest BCUT2D eigenvalue weighted by atomic mass is 9.66. The predicted octanol–water partition coefficient (Wildman–Crippen LogP) is 3.97. The van der Waals surface area contributed by atoms with Crippen molar-refractivity contribution in [1.82, 2.24) is 10.2 Å². The number of aliphatic hydroxyl groups excluding tert-OH is 1. The molecule has 0 radical (unpaired) electrons. The van der Waals surface area contributed by atoms with Crippen LogP contribution in [0.1, 0.15) is 71.6 Å². The maximum Gasteiger partial charge on any atom is 0.244 e. The molecule has 1 aromatic carbocycles. The van der Waals surface area contributed by atoms with Gasteiger partial charge in [-0.2, -0.15) is 0 Å². The Morgan fingerprint density at radius 2 is 1.81 bits per heavy atom. The summed E-state index contributed by atoms with van der Waals surface area (Å²) in [5, 5.41) is 15.3. The number of aliphatic hydroxyl groups is 1. The molecule has 2 bridgehead atoms. The van der Waals surface area contributed by atoms with Crippen molar-refractivity contribution in [3.05, 3.63) is 30.3 Å². The van der Waals surface area contributed by atoms with Crippen LogP contribution in [0.25, 0.3) is 0 Å². The average molecular weight is 516 g/mol. The smallest absolute Gasteiger partial charge is 0.244 e. The van der Waals surface area contributed by atoms with Crippen molar-refractivity contribution in [2.75, 3.05) is 25.0 Å². The van der Waals surface area contributed by atoms with Gasteiger partial charge in [-0.05, 0) is 51.2 Å². The van der Waals surface area contributed by atoms with Crippen LogP contribution in [0.5, 0.6) is 0 Å². The van der Waals surface area contributed by atoms with E-state index in [9.17, 15) is 14.4 Å². The summed E-state index contributed by atoms with van der Waals surface area (Å²) in [4.78, 5) is 43.1. The molecule has 3 fully saturated rings. The number of rotatable bonds is 13. The van der Waals surface area contributed by atoms with Crippen LogP contribution in [-0.4, -0.2) is 63.0 Å². The highest BCUT2D eigenvalue weighted by Crippen LogP contribution is 2.71. The van der Waals surface area contributed by atoms with Crippen LogP contribution in [-0.2, 0) is 14.4 Å². The van der Waals surface area contributed by atoms with Crippen molar-refractivity contribution < 1.29 is 19.5 Å². The zero-order valence-corrected chi connectivity index (χ0v) is 22.4. The molecule has 0 saturated carbocycles. The number of likely N-dealkylation sites (tertiary alicyclic amines) is 1. The number of nitrogens with zero attached hydrogens (tertiary/aromatic N) is 1. The van der Waals surface area contributed by atoms with Crippen LogP contribution in [0.4, 0.5) is 5.69 Å². The average Bonchev–Trinajstić information content (AvgIpc) is 3.43. The van der Waals surface area contributed by atoms with Crippen molar-refractivity contribution in [3.8, 4) is 0 Å². The van der Waals surface area contributed by atoms with E-state index < -0.39 is 22.6 Å². The Labute approximate surface area is 219 Å². The summed E-state index contributed by atoms with van der Waals surface area (Å²) >= 11 is 1.72. The summed E-state index contributed by atoms with van der Waals surface area (Å²) in [6.07, 6.45) is 7.98. The van der Waals surface area contributed by atoms with Crippen LogP contribution in [0.2, 0.25) is 0 Å². The highest BCUT2D eigenvalue weighted by molar-refractivity contribution is 8.02. The van der Waals surface area contributed by atoms with Crippen LogP contribution >= 0.6 is 11.8 Å². The summed E-state index contributed by atoms with van der Waals surface area (Å²) < 4.78 is -0.933. The van der Waals surface area contributed by atoms with E-state index >= 15 is 0 Å². The van der Waals surface area contributed by atoms with Gasteiger partial charge in [-0.15, -0.1) is 11.8 Å². The molecule has 5 atom stereocenters. The van der Waals surface area contributed by atoms with Gasteiger partial charge >= 0.3 is 0 Å². The van der Waals surface area contributed by atoms with Crippen molar-refractivity contribution in [3.63, 3.8) is 0 Å². The Kier molecular flexibility index (Phi) is 8.66.